The molecule has 0 saturated heterocycles. The van der Waals surface area contributed by atoms with Crippen LogP contribution in [0.3, 0.4) is 0 Å². The molecule has 0 atom stereocenters. The number of hydrogen-bond acceptors (Lipinski definition) is 2. The van der Waals surface area contributed by atoms with Gasteiger partial charge in [-0.05, 0) is 36.8 Å². The van der Waals surface area contributed by atoms with Crippen LogP contribution in [-0.4, -0.2) is 12.9 Å². The average molecular weight is 279 g/mol. The maximum atomic E-state index is 13.9. The van der Waals surface area contributed by atoms with Gasteiger partial charge in [-0.1, -0.05) is 17.7 Å². The molecule has 0 aliphatic rings. The minimum atomic E-state index is -0.397. The lowest BCUT2D eigenvalue weighted by Crippen LogP contribution is -1.94. The highest BCUT2D eigenvalue weighted by molar-refractivity contribution is 6.34. The molecule has 0 heterocycles. The summed E-state index contributed by atoms with van der Waals surface area (Å²) >= 11 is 6.02. The first-order chi connectivity index (χ1) is 9.02. The molecule has 0 spiro atoms. The second-order valence-electron chi connectivity index (χ2n) is 4.10. The van der Waals surface area contributed by atoms with Gasteiger partial charge in [0.25, 0.3) is 0 Å². The molecule has 4 heteroatoms. The monoisotopic (exact) mass is 278 g/mol. The summed E-state index contributed by atoms with van der Waals surface area (Å²) in [5.41, 5.74) is 1.47. The molecule has 19 heavy (non-hydrogen) atoms. The van der Waals surface area contributed by atoms with Crippen LogP contribution in [0.15, 0.2) is 36.4 Å². The minimum absolute atomic E-state index is 0.119. The summed E-state index contributed by atoms with van der Waals surface area (Å²) in [6.07, 6.45) is 0. The largest absolute Gasteiger partial charge is 0.497 e. The number of halogens is 2. The van der Waals surface area contributed by atoms with Gasteiger partial charge >= 0.3 is 0 Å². The van der Waals surface area contributed by atoms with Crippen LogP contribution < -0.4 is 4.74 Å². The fraction of sp³-hybridized carbons (Fsp3) is 0.133. The topological polar surface area (TPSA) is 26.3 Å². The Morgan fingerprint density at radius 2 is 1.95 bits per heavy atom. The van der Waals surface area contributed by atoms with E-state index in [0.29, 0.717) is 27.5 Å². The SMILES string of the molecule is COc1ccc(-c2ccc(C(C)=O)c(Cl)c2)c(F)c1. The Labute approximate surface area is 115 Å². The lowest BCUT2D eigenvalue weighted by atomic mass is 10.0. The molecule has 0 aromatic heterocycles. The van der Waals surface area contributed by atoms with Crippen LogP contribution >= 0.6 is 11.6 Å². The third kappa shape index (κ3) is 2.76. The van der Waals surface area contributed by atoms with Crippen LogP contribution in [0, 0.1) is 5.82 Å². The highest BCUT2D eigenvalue weighted by atomic mass is 35.5. The van der Waals surface area contributed by atoms with Crippen molar-refractivity contribution in [3.63, 3.8) is 0 Å². The summed E-state index contributed by atoms with van der Waals surface area (Å²) in [6.45, 7) is 1.44. The summed E-state index contributed by atoms with van der Waals surface area (Å²) in [5.74, 6) is -0.0644. The zero-order valence-electron chi connectivity index (χ0n) is 10.5. The fourth-order valence-electron chi connectivity index (χ4n) is 1.83. The van der Waals surface area contributed by atoms with Crippen molar-refractivity contribution < 1.29 is 13.9 Å². The van der Waals surface area contributed by atoms with Crippen molar-refractivity contribution in [2.75, 3.05) is 7.11 Å². The van der Waals surface area contributed by atoms with E-state index < -0.39 is 5.82 Å². The van der Waals surface area contributed by atoms with Crippen molar-refractivity contribution in [1.82, 2.24) is 0 Å². The molecule has 0 aliphatic carbocycles. The van der Waals surface area contributed by atoms with Crippen LogP contribution in [0.25, 0.3) is 11.1 Å². The Bertz CT molecular complexity index is 638. The van der Waals surface area contributed by atoms with Gasteiger partial charge in [0.05, 0.1) is 12.1 Å². The Morgan fingerprint density at radius 1 is 1.21 bits per heavy atom. The summed E-state index contributed by atoms with van der Waals surface area (Å²) in [7, 11) is 1.48. The minimum Gasteiger partial charge on any atom is -0.497 e. The third-order valence-electron chi connectivity index (χ3n) is 2.84. The van der Waals surface area contributed by atoms with Crippen LogP contribution in [0.4, 0.5) is 4.39 Å². The molecule has 0 fully saturated rings. The summed E-state index contributed by atoms with van der Waals surface area (Å²) in [4.78, 5) is 11.3. The maximum absolute atomic E-state index is 13.9. The first-order valence-corrected chi connectivity index (χ1v) is 6.05. The Hall–Kier alpha value is -1.87. The number of ketones is 1. The van der Waals surface area contributed by atoms with Crippen molar-refractivity contribution in [3.8, 4) is 16.9 Å². The molecule has 0 bridgehead atoms. The van der Waals surface area contributed by atoms with Crippen LogP contribution in [0.1, 0.15) is 17.3 Å². The second kappa shape index (κ2) is 5.41. The van der Waals surface area contributed by atoms with Crippen molar-refractivity contribution >= 4 is 17.4 Å². The standard InChI is InChI=1S/C15H12ClFO2/c1-9(18)12-5-3-10(7-14(12)16)13-6-4-11(19-2)8-15(13)17/h3-8H,1-2H3. The molecule has 2 aromatic carbocycles. The van der Waals surface area contributed by atoms with Gasteiger partial charge in [0.15, 0.2) is 5.78 Å². The third-order valence-corrected chi connectivity index (χ3v) is 3.15. The molecule has 0 N–H and O–H groups in total. The van der Waals surface area contributed by atoms with E-state index in [2.05, 4.69) is 0 Å². The molecule has 0 unspecified atom stereocenters. The average Bonchev–Trinajstić information content (AvgIpc) is 2.37. The number of ether oxygens (including phenoxy) is 1. The predicted molar refractivity (Wildman–Crippen MR) is 73.4 cm³/mol. The molecule has 2 nitrogen and oxygen atoms in total. The molecule has 2 aromatic rings. The van der Waals surface area contributed by atoms with E-state index >= 15 is 0 Å². The van der Waals surface area contributed by atoms with E-state index in [1.54, 1.807) is 30.3 Å². The van der Waals surface area contributed by atoms with Crippen molar-refractivity contribution in [1.29, 1.82) is 0 Å². The van der Waals surface area contributed by atoms with Gasteiger partial charge < -0.3 is 4.74 Å². The Kier molecular flexibility index (Phi) is 3.86. The quantitative estimate of drug-likeness (QED) is 0.780. The molecule has 2 rings (SSSR count). The molecule has 98 valence electrons. The predicted octanol–water partition coefficient (Wildman–Crippen LogP) is 4.36. The molecule has 0 aliphatic heterocycles. The van der Waals surface area contributed by atoms with Gasteiger partial charge in [0.1, 0.15) is 11.6 Å². The molecular formula is C15H12ClFO2. The van der Waals surface area contributed by atoms with Gasteiger partial charge in [-0.3, -0.25) is 4.79 Å². The van der Waals surface area contributed by atoms with E-state index in [1.165, 1.54) is 20.1 Å². The van der Waals surface area contributed by atoms with E-state index in [1.807, 2.05) is 0 Å². The van der Waals surface area contributed by atoms with Crippen LogP contribution in [0.2, 0.25) is 5.02 Å². The van der Waals surface area contributed by atoms with Crippen molar-refractivity contribution in [2.45, 2.75) is 6.92 Å². The van der Waals surface area contributed by atoms with Gasteiger partial charge in [-0.25, -0.2) is 4.39 Å². The summed E-state index contributed by atoms with van der Waals surface area (Å²) in [5, 5.41) is 0.320. The zero-order valence-corrected chi connectivity index (χ0v) is 11.3. The van der Waals surface area contributed by atoms with E-state index in [-0.39, 0.29) is 5.78 Å². The lowest BCUT2D eigenvalue weighted by molar-refractivity contribution is 0.101. The van der Waals surface area contributed by atoms with Gasteiger partial charge in [0, 0.05) is 17.2 Å². The van der Waals surface area contributed by atoms with Crippen LogP contribution in [-0.2, 0) is 0 Å². The van der Waals surface area contributed by atoms with Crippen molar-refractivity contribution in [3.05, 3.63) is 52.8 Å². The smallest absolute Gasteiger partial charge is 0.161 e. The van der Waals surface area contributed by atoms with Gasteiger partial charge in [-0.15, -0.1) is 0 Å². The highest BCUT2D eigenvalue weighted by Gasteiger charge is 2.10. The van der Waals surface area contributed by atoms with Crippen LogP contribution in [0.5, 0.6) is 5.75 Å². The molecule has 0 radical (unpaired) electrons. The first-order valence-electron chi connectivity index (χ1n) is 5.67. The molecule has 0 saturated carbocycles. The number of carbonyl (C=O) groups is 1. The molecular weight excluding hydrogens is 267 g/mol. The van der Waals surface area contributed by atoms with Gasteiger partial charge in [-0.2, -0.15) is 0 Å². The normalized spacial score (nSPS) is 10.3. The van der Waals surface area contributed by atoms with Gasteiger partial charge in [0.2, 0.25) is 0 Å². The number of rotatable bonds is 3. The number of methoxy groups -OCH3 is 1. The number of Topliss-reactive ketones (excluding diaryl/α,β-unsaturated/α-hetero) is 1. The second-order valence-corrected chi connectivity index (χ2v) is 4.50. The van der Waals surface area contributed by atoms with Crippen molar-refractivity contribution in [2.24, 2.45) is 0 Å². The van der Waals surface area contributed by atoms with E-state index in [4.69, 9.17) is 16.3 Å². The lowest BCUT2D eigenvalue weighted by Gasteiger charge is -2.08. The molecule has 0 amide bonds. The number of carbonyl (C=O) groups excluding carboxylic acids is 1. The summed E-state index contributed by atoms with van der Waals surface area (Å²) < 4.78 is 18.9. The number of benzene rings is 2. The van der Waals surface area contributed by atoms with E-state index in [0.717, 1.165) is 0 Å². The zero-order chi connectivity index (χ0) is 14.0. The Morgan fingerprint density at radius 3 is 2.47 bits per heavy atom. The highest BCUT2D eigenvalue weighted by Crippen LogP contribution is 2.29. The fourth-order valence-corrected chi connectivity index (χ4v) is 2.14. The van der Waals surface area contributed by atoms with E-state index in [9.17, 15) is 9.18 Å². The first kappa shape index (κ1) is 13.6. The number of hydrogen-bond donors (Lipinski definition) is 0. The Balaban J connectivity index is 2.48. The maximum Gasteiger partial charge on any atom is 0.161 e. The summed E-state index contributed by atoms with van der Waals surface area (Å²) in [6, 6.07) is 9.46.